The Hall–Kier alpha value is -1.89. The van der Waals surface area contributed by atoms with E-state index in [1.54, 1.807) is 7.05 Å². The molecule has 0 amide bonds. The van der Waals surface area contributed by atoms with Gasteiger partial charge in [-0.2, -0.15) is 0 Å². The van der Waals surface area contributed by atoms with E-state index in [1.807, 2.05) is 0 Å². The third kappa shape index (κ3) is 1.81. The molecule has 7 heteroatoms. The van der Waals surface area contributed by atoms with Crippen molar-refractivity contribution in [1.29, 1.82) is 0 Å². The number of fused-ring (bicyclic) bond motifs is 1. The molecule has 1 saturated heterocycles. The first-order chi connectivity index (χ1) is 9.11. The molecule has 0 radical (unpaired) electrons. The molecule has 0 spiro atoms. The van der Waals surface area contributed by atoms with E-state index in [2.05, 4.69) is 21.9 Å². The molecular formula is C12H16N4O3. The Morgan fingerprint density at radius 2 is 2.21 bits per heavy atom. The highest BCUT2D eigenvalue weighted by Gasteiger charge is 2.31. The molecule has 19 heavy (non-hydrogen) atoms. The molecule has 0 saturated carbocycles. The summed E-state index contributed by atoms with van der Waals surface area (Å²) < 4.78 is 6.98. The lowest BCUT2D eigenvalue weighted by Gasteiger charge is -2.13. The number of rotatable bonds is 2. The van der Waals surface area contributed by atoms with Crippen LogP contribution in [-0.4, -0.2) is 32.2 Å². The van der Waals surface area contributed by atoms with Gasteiger partial charge in [0.15, 0.2) is 5.65 Å². The summed E-state index contributed by atoms with van der Waals surface area (Å²) in [4.78, 5) is 33.0. The zero-order valence-electron chi connectivity index (χ0n) is 10.9. The Morgan fingerprint density at radius 1 is 1.42 bits per heavy atom. The van der Waals surface area contributed by atoms with E-state index in [4.69, 9.17) is 4.74 Å². The third-order valence-electron chi connectivity index (χ3n) is 3.74. The van der Waals surface area contributed by atoms with Gasteiger partial charge in [-0.05, 0) is 12.8 Å². The molecular weight excluding hydrogens is 248 g/mol. The maximum absolute atomic E-state index is 11.8. The normalized spacial score (nSPS) is 23.3. The number of H-pyrrole nitrogens is 2. The van der Waals surface area contributed by atoms with Crippen LogP contribution in [0.3, 0.4) is 0 Å². The Balaban J connectivity index is 2.17. The fraction of sp³-hybridized carbons (Fsp3) is 0.583. The number of aryl methyl sites for hydroxylation is 1. The molecule has 1 aliphatic rings. The molecule has 2 N–H and O–H groups in total. The molecule has 2 atom stereocenters. The van der Waals surface area contributed by atoms with Crippen molar-refractivity contribution in [2.45, 2.75) is 31.8 Å². The minimum atomic E-state index is -0.453. The molecule has 2 unspecified atom stereocenters. The minimum Gasteiger partial charge on any atom is -0.377 e. The van der Waals surface area contributed by atoms with Gasteiger partial charge in [0.2, 0.25) is 0 Å². The Labute approximate surface area is 108 Å². The van der Waals surface area contributed by atoms with Gasteiger partial charge < -0.3 is 9.72 Å². The fourth-order valence-electron chi connectivity index (χ4n) is 2.66. The fourth-order valence-corrected chi connectivity index (χ4v) is 2.66. The molecule has 1 aliphatic heterocycles. The summed E-state index contributed by atoms with van der Waals surface area (Å²) in [7, 11) is 1.59. The van der Waals surface area contributed by atoms with Gasteiger partial charge in [0.05, 0.1) is 6.10 Å². The Morgan fingerprint density at radius 3 is 2.95 bits per heavy atom. The van der Waals surface area contributed by atoms with Gasteiger partial charge in [0, 0.05) is 19.6 Å². The predicted octanol–water partition coefficient (Wildman–Crippen LogP) is 0.232. The van der Waals surface area contributed by atoms with Crippen molar-refractivity contribution >= 4 is 11.2 Å². The lowest BCUT2D eigenvalue weighted by Crippen LogP contribution is -2.28. The summed E-state index contributed by atoms with van der Waals surface area (Å²) in [6.07, 6.45) is 1.90. The van der Waals surface area contributed by atoms with Crippen LogP contribution in [0, 0.1) is 0 Å². The highest BCUT2D eigenvalue weighted by molar-refractivity contribution is 5.69. The van der Waals surface area contributed by atoms with Crippen LogP contribution in [0.2, 0.25) is 0 Å². The number of ether oxygens (including phenoxy) is 1. The third-order valence-corrected chi connectivity index (χ3v) is 3.74. The quantitative estimate of drug-likeness (QED) is 0.812. The van der Waals surface area contributed by atoms with E-state index in [9.17, 15) is 9.59 Å². The van der Waals surface area contributed by atoms with Crippen molar-refractivity contribution < 1.29 is 4.74 Å². The first-order valence-electron chi connectivity index (χ1n) is 6.42. The molecule has 3 heterocycles. The second-order valence-electron chi connectivity index (χ2n) is 4.85. The van der Waals surface area contributed by atoms with Crippen LogP contribution in [0.5, 0.6) is 0 Å². The van der Waals surface area contributed by atoms with Crippen LogP contribution in [0.25, 0.3) is 11.2 Å². The topological polar surface area (TPSA) is 92.8 Å². The largest absolute Gasteiger partial charge is 0.377 e. The van der Waals surface area contributed by atoms with Crippen molar-refractivity contribution in [2.75, 3.05) is 6.61 Å². The van der Waals surface area contributed by atoms with Gasteiger partial charge >= 0.3 is 5.69 Å². The zero-order valence-corrected chi connectivity index (χ0v) is 10.9. The average molecular weight is 264 g/mol. The highest BCUT2D eigenvalue weighted by Crippen LogP contribution is 2.31. The molecule has 2 aromatic heterocycles. The van der Waals surface area contributed by atoms with E-state index in [1.165, 1.54) is 4.57 Å². The van der Waals surface area contributed by atoms with Crippen LogP contribution in [0.1, 0.15) is 31.5 Å². The van der Waals surface area contributed by atoms with Crippen LogP contribution < -0.4 is 11.2 Å². The van der Waals surface area contributed by atoms with E-state index in [0.29, 0.717) is 17.8 Å². The summed E-state index contributed by atoms with van der Waals surface area (Å²) >= 11 is 0. The second-order valence-corrected chi connectivity index (χ2v) is 4.85. The molecule has 102 valence electrons. The average Bonchev–Trinajstić information content (AvgIpc) is 3.01. The number of aromatic nitrogens is 4. The molecule has 0 aromatic carbocycles. The van der Waals surface area contributed by atoms with E-state index >= 15 is 0 Å². The molecule has 0 aliphatic carbocycles. The SMILES string of the molecule is CCC1OCCC1c1nc2c([nH]1)c(=O)[nH]c(=O)n2C. The number of hydrogen-bond donors (Lipinski definition) is 2. The summed E-state index contributed by atoms with van der Waals surface area (Å²) in [6.45, 7) is 2.77. The number of imidazole rings is 1. The first kappa shape index (κ1) is 12.2. The minimum absolute atomic E-state index is 0.122. The zero-order chi connectivity index (χ0) is 13.6. The van der Waals surface area contributed by atoms with Crippen LogP contribution in [0.4, 0.5) is 0 Å². The van der Waals surface area contributed by atoms with Gasteiger partial charge in [-0.15, -0.1) is 0 Å². The van der Waals surface area contributed by atoms with Crippen molar-refractivity contribution in [3.05, 3.63) is 26.7 Å². The Bertz CT molecular complexity index is 727. The molecule has 2 aromatic rings. The van der Waals surface area contributed by atoms with Gasteiger partial charge in [-0.1, -0.05) is 6.92 Å². The predicted molar refractivity (Wildman–Crippen MR) is 69.3 cm³/mol. The van der Waals surface area contributed by atoms with Crippen molar-refractivity contribution in [3.63, 3.8) is 0 Å². The van der Waals surface area contributed by atoms with Gasteiger partial charge in [0.25, 0.3) is 5.56 Å². The van der Waals surface area contributed by atoms with E-state index < -0.39 is 11.2 Å². The van der Waals surface area contributed by atoms with E-state index in [-0.39, 0.29) is 12.0 Å². The molecule has 1 fully saturated rings. The number of hydrogen-bond acceptors (Lipinski definition) is 4. The number of aromatic amines is 2. The van der Waals surface area contributed by atoms with Gasteiger partial charge in [0.1, 0.15) is 11.3 Å². The molecule has 7 nitrogen and oxygen atoms in total. The van der Waals surface area contributed by atoms with Crippen LogP contribution in [-0.2, 0) is 11.8 Å². The number of nitrogens with zero attached hydrogens (tertiary/aromatic N) is 2. The maximum atomic E-state index is 11.8. The highest BCUT2D eigenvalue weighted by atomic mass is 16.5. The van der Waals surface area contributed by atoms with Crippen molar-refractivity contribution in [2.24, 2.45) is 7.05 Å². The van der Waals surface area contributed by atoms with Crippen LogP contribution >= 0.6 is 0 Å². The standard InChI is InChI=1S/C12H16N4O3/c1-3-7-6(4-5-19-7)9-13-8-10(14-9)16(2)12(18)15-11(8)17/h6-7H,3-5H2,1-2H3,(H,13,14)(H,15,17,18). The van der Waals surface area contributed by atoms with Gasteiger partial charge in [-0.3, -0.25) is 14.3 Å². The smallest absolute Gasteiger partial charge is 0.329 e. The Kier molecular flexibility index (Phi) is 2.78. The maximum Gasteiger partial charge on any atom is 0.329 e. The summed E-state index contributed by atoms with van der Waals surface area (Å²) in [6, 6.07) is 0. The summed E-state index contributed by atoms with van der Waals surface area (Å²) in [5.41, 5.74) is -0.140. The monoisotopic (exact) mass is 264 g/mol. The van der Waals surface area contributed by atoms with Gasteiger partial charge in [-0.25, -0.2) is 9.78 Å². The lowest BCUT2D eigenvalue weighted by molar-refractivity contribution is 0.0996. The van der Waals surface area contributed by atoms with E-state index in [0.717, 1.165) is 18.7 Å². The van der Waals surface area contributed by atoms with Crippen LogP contribution in [0.15, 0.2) is 9.59 Å². The molecule has 0 bridgehead atoms. The van der Waals surface area contributed by atoms with Crippen molar-refractivity contribution in [3.8, 4) is 0 Å². The first-order valence-corrected chi connectivity index (χ1v) is 6.42. The summed E-state index contributed by atoms with van der Waals surface area (Å²) in [5, 5.41) is 0. The number of nitrogens with one attached hydrogen (secondary N) is 2. The second kappa shape index (κ2) is 4.34. The molecule has 3 rings (SSSR count). The lowest BCUT2D eigenvalue weighted by atomic mass is 9.99. The van der Waals surface area contributed by atoms with Crippen molar-refractivity contribution in [1.82, 2.24) is 19.5 Å². The summed E-state index contributed by atoms with van der Waals surface area (Å²) in [5.74, 6) is 0.887.